The van der Waals surface area contributed by atoms with Crippen molar-refractivity contribution < 1.29 is 4.79 Å². The summed E-state index contributed by atoms with van der Waals surface area (Å²) in [4.78, 5) is 17.1. The van der Waals surface area contributed by atoms with Crippen molar-refractivity contribution in [3.05, 3.63) is 100 Å². The summed E-state index contributed by atoms with van der Waals surface area (Å²) in [7, 11) is 0. The summed E-state index contributed by atoms with van der Waals surface area (Å²) in [6.07, 6.45) is 3.55. The number of amides is 1. The summed E-state index contributed by atoms with van der Waals surface area (Å²) in [5, 5.41) is 3.20. The van der Waals surface area contributed by atoms with Crippen LogP contribution in [0.3, 0.4) is 0 Å². The van der Waals surface area contributed by atoms with Crippen molar-refractivity contribution in [3.8, 4) is 0 Å². The molecule has 0 spiro atoms. The van der Waals surface area contributed by atoms with Crippen LogP contribution in [0.1, 0.15) is 44.2 Å². The molecule has 0 bridgehead atoms. The normalized spacial score (nSPS) is 11.8. The van der Waals surface area contributed by atoms with E-state index >= 15 is 0 Å². The number of carbonyl (C=O) groups excluding carboxylic acids is 1. The predicted molar refractivity (Wildman–Crippen MR) is 101 cm³/mol. The van der Waals surface area contributed by atoms with E-state index in [1.54, 1.807) is 6.20 Å². The fourth-order valence-electron chi connectivity index (χ4n) is 2.99. The molecular weight excluding hydrogens is 308 g/mol. The Balaban J connectivity index is 2.02. The van der Waals surface area contributed by atoms with Gasteiger partial charge in [0.25, 0.3) is 5.91 Å². The lowest BCUT2D eigenvalue weighted by atomic mass is 9.94. The zero-order chi connectivity index (χ0) is 17.8. The number of hydrogen-bond acceptors (Lipinski definition) is 2. The van der Waals surface area contributed by atoms with Crippen molar-refractivity contribution in [2.45, 2.75) is 26.8 Å². The predicted octanol–water partition coefficient (Wildman–Crippen LogP) is 4.53. The molecule has 1 N–H and O–H groups in total. The Morgan fingerprint density at radius 3 is 2.48 bits per heavy atom. The van der Waals surface area contributed by atoms with Crippen molar-refractivity contribution in [1.29, 1.82) is 0 Å². The van der Waals surface area contributed by atoms with Crippen molar-refractivity contribution in [3.63, 3.8) is 0 Å². The first-order valence-electron chi connectivity index (χ1n) is 8.40. The Labute approximate surface area is 148 Å². The van der Waals surface area contributed by atoms with Crippen molar-refractivity contribution >= 4 is 5.91 Å². The maximum absolute atomic E-state index is 12.9. The third kappa shape index (κ3) is 3.77. The topological polar surface area (TPSA) is 42.0 Å². The zero-order valence-corrected chi connectivity index (χ0v) is 14.8. The van der Waals surface area contributed by atoms with Crippen LogP contribution in [0.15, 0.2) is 67.0 Å². The third-order valence-electron chi connectivity index (χ3n) is 4.43. The largest absolute Gasteiger partial charge is 0.341 e. The number of pyridine rings is 1. The number of hydrogen-bond donors (Lipinski definition) is 1. The molecule has 3 aromatic rings. The first-order chi connectivity index (χ1) is 12.1. The molecule has 1 amide bonds. The van der Waals surface area contributed by atoms with Gasteiger partial charge in [0, 0.05) is 18.0 Å². The highest BCUT2D eigenvalue weighted by Gasteiger charge is 2.20. The van der Waals surface area contributed by atoms with Crippen LogP contribution < -0.4 is 5.32 Å². The van der Waals surface area contributed by atoms with Crippen molar-refractivity contribution in [1.82, 2.24) is 10.3 Å². The molecule has 3 heteroatoms. The average Bonchev–Trinajstić information content (AvgIpc) is 2.63. The minimum absolute atomic E-state index is 0.0761. The fraction of sp³-hybridized carbons (Fsp3) is 0.182. The zero-order valence-electron chi connectivity index (χ0n) is 14.8. The van der Waals surface area contributed by atoms with Gasteiger partial charge in [-0.3, -0.25) is 9.78 Å². The number of nitrogens with one attached hydrogen (secondary N) is 1. The maximum Gasteiger partial charge on any atom is 0.252 e. The molecule has 0 saturated carbocycles. The SMILES string of the molecule is Cc1ccc(C)c([C@H](NC(=O)c2ccccc2C)c2cccnc2)c1. The molecule has 0 unspecified atom stereocenters. The van der Waals surface area contributed by atoms with Gasteiger partial charge < -0.3 is 5.32 Å². The van der Waals surface area contributed by atoms with Gasteiger partial charge in [0.1, 0.15) is 0 Å². The van der Waals surface area contributed by atoms with E-state index in [2.05, 4.69) is 42.3 Å². The minimum atomic E-state index is -0.235. The minimum Gasteiger partial charge on any atom is -0.341 e. The van der Waals surface area contributed by atoms with E-state index < -0.39 is 0 Å². The second-order valence-corrected chi connectivity index (χ2v) is 6.37. The maximum atomic E-state index is 12.9. The van der Waals surface area contributed by atoms with Gasteiger partial charge in [-0.25, -0.2) is 0 Å². The lowest BCUT2D eigenvalue weighted by Gasteiger charge is -2.22. The second-order valence-electron chi connectivity index (χ2n) is 6.37. The monoisotopic (exact) mass is 330 g/mol. The summed E-state index contributed by atoms with van der Waals surface area (Å²) in [6, 6.07) is 17.6. The van der Waals surface area contributed by atoms with Crippen LogP contribution in [0, 0.1) is 20.8 Å². The summed E-state index contributed by atoms with van der Waals surface area (Å²) < 4.78 is 0. The van der Waals surface area contributed by atoms with Gasteiger partial charge >= 0.3 is 0 Å². The standard InChI is InChI=1S/C22H22N2O/c1-15-10-11-17(3)20(13-15)21(18-8-6-12-23-14-18)24-22(25)19-9-5-4-7-16(19)2/h4-14,21H,1-3H3,(H,24,25)/t21-/m1/s1. The number of aryl methyl sites for hydroxylation is 3. The number of carbonyl (C=O) groups is 1. The molecule has 1 aromatic heterocycles. The molecule has 0 aliphatic carbocycles. The van der Waals surface area contributed by atoms with Gasteiger partial charge in [-0.1, -0.05) is 48.0 Å². The van der Waals surface area contributed by atoms with E-state index in [0.717, 1.165) is 22.3 Å². The highest BCUT2D eigenvalue weighted by Crippen LogP contribution is 2.26. The average molecular weight is 330 g/mol. The first kappa shape index (κ1) is 16.9. The molecular formula is C22H22N2O. The molecule has 1 heterocycles. The van der Waals surface area contributed by atoms with Gasteiger partial charge in [0.05, 0.1) is 6.04 Å². The summed E-state index contributed by atoms with van der Waals surface area (Å²) in [5.41, 5.74) is 6.03. The van der Waals surface area contributed by atoms with E-state index in [9.17, 15) is 4.79 Å². The number of benzene rings is 2. The molecule has 25 heavy (non-hydrogen) atoms. The van der Waals surface area contributed by atoms with Crippen LogP contribution in [0.2, 0.25) is 0 Å². The summed E-state index contributed by atoms with van der Waals surface area (Å²) in [6.45, 7) is 6.08. The smallest absolute Gasteiger partial charge is 0.252 e. The number of aromatic nitrogens is 1. The van der Waals surface area contributed by atoms with Gasteiger partial charge in [-0.15, -0.1) is 0 Å². The van der Waals surface area contributed by atoms with E-state index in [1.165, 1.54) is 5.56 Å². The lowest BCUT2D eigenvalue weighted by Crippen LogP contribution is -2.30. The molecule has 0 saturated heterocycles. The summed E-state index contributed by atoms with van der Waals surface area (Å²) >= 11 is 0. The molecule has 1 atom stereocenters. The Bertz CT molecular complexity index is 888. The van der Waals surface area contributed by atoms with E-state index in [-0.39, 0.29) is 11.9 Å². The Hall–Kier alpha value is -2.94. The molecule has 0 aliphatic heterocycles. The van der Waals surface area contributed by atoms with E-state index in [1.807, 2.05) is 49.5 Å². The highest BCUT2D eigenvalue weighted by molar-refractivity contribution is 5.96. The number of rotatable bonds is 4. The second kappa shape index (κ2) is 7.31. The van der Waals surface area contributed by atoms with Gasteiger partial charge in [0.2, 0.25) is 0 Å². The lowest BCUT2D eigenvalue weighted by molar-refractivity contribution is 0.0942. The quantitative estimate of drug-likeness (QED) is 0.764. The van der Waals surface area contributed by atoms with Crippen LogP contribution >= 0.6 is 0 Å². The molecule has 0 radical (unpaired) electrons. The molecule has 0 aliphatic rings. The Morgan fingerprint density at radius 1 is 0.960 bits per heavy atom. The Kier molecular flexibility index (Phi) is 4.94. The third-order valence-corrected chi connectivity index (χ3v) is 4.43. The van der Waals surface area contributed by atoms with Gasteiger partial charge in [-0.2, -0.15) is 0 Å². The molecule has 2 aromatic carbocycles. The van der Waals surface area contributed by atoms with Crippen LogP contribution in [0.5, 0.6) is 0 Å². The van der Waals surface area contributed by atoms with Crippen molar-refractivity contribution in [2.24, 2.45) is 0 Å². The van der Waals surface area contributed by atoms with E-state index in [4.69, 9.17) is 0 Å². The summed E-state index contributed by atoms with van der Waals surface area (Å²) in [5.74, 6) is -0.0761. The van der Waals surface area contributed by atoms with Crippen LogP contribution in [0.4, 0.5) is 0 Å². The van der Waals surface area contributed by atoms with Crippen molar-refractivity contribution in [2.75, 3.05) is 0 Å². The first-order valence-corrected chi connectivity index (χ1v) is 8.40. The van der Waals surface area contributed by atoms with Gasteiger partial charge in [0.15, 0.2) is 0 Å². The molecule has 3 nitrogen and oxygen atoms in total. The molecule has 0 fully saturated rings. The highest BCUT2D eigenvalue weighted by atomic mass is 16.1. The molecule has 3 rings (SSSR count). The Morgan fingerprint density at radius 2 is 1.76 bits per heavy atom. The van der Waals surface area contributed by atoms with Crippen LogP contribution in [-0.2, 0) is 0 Å². The fourth-order valence-corrected chi connectivity index (χ4v) is 2.99. The van der Waals surface area contributed by atoms with Crippen LogP contribution in [0.25, 0.3) is 0 Å². The van der Waals surface area contributed by atoms with Gasteiger partial charge in [-0.05, 0) is 55.2 Å². The van der Waals surface area contributed by atoms with Crippen LogP contribution in [-0.4, -0.2) is 10.9 Å². The number of nitrogens with zero attached hydrogens (tertiary/aromatic N) is 1. The molecule has 126 valence electrons. The van der Waals surface area contributed by atoms with E-state index in [0.29, 0.717) is 5.56 Å².